The topological polar surface area (TPSA) is 122 Å². The van der Waals surface area contributed by atoms with Crippen molar-refractivity contribution in [2.45, 2.75) is 45.2 Å². The predicted molar refractivity (Wildman–Crippen MR) is 114 cm³/mol. The number of carbonyl (C=O) groups excluding carboxylic acids is 4. The lowest BCUT2D eigenvalue weighted by Crippen LogP contribution is -2.54. The summed E-state index contributed by atoms with van der Waals surface area (Å²) >= 11 is 0. The van der Waals surface area contributed by atoms with E-state index in [4.69, 9.17) is 5.73 Å². The molecule has 8 heteroatoms. The Bertz CT molecular complexity index is 792. The van der Waals surface area contributed by atoms with Crippen LogP contribution in [0.3, 0.4) is 0 Å². The lowest BCUT2D eigenvalue weighted by atomic mass is 10.0. The Hall–Kier alpha value is -3.16. The van der Waals surface area contributed by atoms with Crippen molar-refractivity contribution in [2.75, 3.05) is 13.1 Å². The second-order valence-electron chi connectivity index (χ2n) is 7.80. The minimum atomic E-state index is -0.769. The molecule has 0 aromatic heterocycles. The first-order chi connectivity index (χ1) is 14.3. The summed E-state index contributed by atoms with van der Waals surface area (Å²) in [5, 5.41) is 5.20. The maximum absolute atomic E-state index is 12.9. The van der Waals surface area contributed by atoms with Crippen molar-refractivity contribution in [1.82, 2.24) is 15.5 Å². The van der Waals surface area contributed by atoms with Crippen molar-refractivity contribution >= 4 is 29.7 Å². The maximum Gasteiger partial charge on any atom is 0.245 e. The second-order valence-corrected chi connectivity index (χ2v) is 7.80. The SMILES string of the molecule is CC(C)C[C@H](NC(=O)CNC(=O)C=Cc1ccccc1)C(=O)N1CCC[C@H]1C(N)=O. The van der Waals surface area contributed by atoms with Crippen LogP contribution in [-0.4, -0.2) is 53.7 Å². The summed E-state index contributed by atoms with van der Waals surface area (Å²) in [7, 11) is 0. The summed E-state index contributed by atoms with van der Waals surface area (Å²) in [5.41, 5.74) is 6.28. The minimum Gasteiger partial charge on any atom is -0.368 e. The molecule has 2 rings (SSSR count). The molecule has 1 saturated heterocycles. The highest BCUT2D eigenvalue weighted by Crippen LogP contribution is 2.19. The third-order valence-corrected chi connectivity index (χ3v) is 4.85. The third-order valence-electron chi connectivity index (χ3n) is 4.85. The smallest absolute Gasteiger partial charge is 0.245 e. The van der Waals surface area contributed by atoms with Gasteiger partial charge in [-0.3, -0.25) is 19.2 Å². The summed E-state index contributed by atoms with van der Waals surface area (Å²) in [6.45, 7) is 4.08. The number of likely N-dealkylation sites (tertiary alicyclic amines) is 1. The highest BCUT2D eigenvalue weighted by atomic mass is 16.2. The molecule has 0 saturated carbocycles. The van der Waals surface area contributed by atoms with E-state index in [0.29, 0.717) is 25.8 Å². The van der Waals surface area contributed by atoms with Crippen LogP contribution in [0.4, 0.5) is 0 Å². The summed E-state index contributed by atoms with van der Waals surface area (Å²) < 4.78 is 0. The van der Waals surface area contributed by atoms with Gasteiger partial charge in [0.05, 0.1) is 6.54 Å². The van der Waals surface area contributed by atoms with Gasteiger partial charge in [0.25, 0.3) is 0 Å². The molecule has 0 unspecified atom stereocenters. The van der Waals surface area contributed by atoms with Crippen LogP contribution in [0, 0.1) is 5.92 Å². The number of carbonyl (C=O) groups is 4. The quantitative estimate of drug-likeness (QED) is 0.518. The first-order valence-electron chi connectivity index (χ1n) is 10.2. The fourth-order valence-corrected chi connectivity index (χ4v) is 3.43. The molecule has 2 atom stereocenters. The lowest BCUT2D eigenvalue weighted by molar-refractivity contribution is -0.140. The van der Waals surface area contributed by atoms with Gasteiger partial charge in [0.2, 0.25) is 23.6 Å². The Balaban J connectivity index is 1.91. The van der Waals surface area contributed by atoms with Crippen LogP contribution < -0.4 is 16.4 Å². The van der Waals surface area contributed by atoms with Crippen LogP contribution in [0.25, 0.3) is 6.08 Å². The van der Waals surface area contributed by atoms with Crippen molar-refractivity contribution in [2.24, 2.45) is 11.7 Å². The van der Waals surface area contributed by atoms with Crippen molar-refractivity contribution in [3.63, 3.8) is 0 Å². The predicted octanol–water partition coefficient (Wildman–Crippen LogP) is 0.823. The molecule has 1 aromatic rings. The van der Waals surface area contributed by atoms with E-state index in [9.17, 15) is 19.2 Å². The standard InChI is InChI=1S/C22H30N4O4/c1-15(2)13-17(22(30)26-12-6-9-18(26)21(23)29)25-20(28)14-24-19(27)11-10-16-7-4-3-5-8-16/h3-5,7-8,10-11,15,17-18H,6,9,12-14H2,1-2H3,(H2,23,29)(H,24,27)(H,25,28)/t17-,18-/m0/s1. The molecule has 162 valence electrons. The van der Waals surface area contributed by atoms with Gasteiger partial charge in [-0.15, -0.1) is 0 Å². The molecule has 0 aliphatic carbocycles. The highest BCUT2D eigenvalue weighted by Gasteiger charge is 2.36. The first kappa shape index (κ1) is 23.1. The largest absolute Gasteiger partial charge is 0.368 e. The molecule has 1 aliphatic rings. The second kappa shape index (κ2) is 11.1. The van der Waals surface area contributed by atoms with Crippen LogP contribution in [0.5, 0.6) is 0 Å². The van der Waals surface area contributed by atoms with E-state index in [1.54, 1.807) is 6.08 Å². The number of primary amides is 1. The van der Waals surface area contributed by atoms with Crippen LogP contribution in [0.1, 0.15) is 38.7 Å². The van der Waals surface area contributed by atoms with Crippen molar-refractivity contribution in [3.05, 3.63) is 42.0 Å². The molecule has 4 N–H and O–H groups in total. The van der Waals surface area contributed by atoms with Gasteiger partial charge in [-0.25, -0.2) is 0 Å². The van der Waals surface area contributed by atoms with E-state index in [-0.39, 0.29) is 18.4 Å². The number of nitrogens with zero attached hydrogens (tertiary/aromatic N) is 1. The number of benzene rings is 1. The minimum absolute atomic E-state index is 0.150. The molecule has 0 bridgehead atoms. The van der Waals surface area contributed by atoms with E-state index in [2.05, 4.69) is 10.6 Å². The molecule has 1 fully saturated rings. The van der Waals surface area contributed by atoms with Gasteiger partial charge in [-0.1, -0.05) is 44.2 Å². The molecule has 1 aromatic carbocycles. The molecule has 0 radical (unpaired) electrons. The Kier molecular flexibility index (Phi) is 8.58. The summed E-state index contributed by atoms with van der Waals surface area (Å²) in [5.74, 6) is -1.57. The molecule has 1 heterocycles. The number of hydrogen-bond acceptors (Lipinski definition) is 4. The van der Waals surface area contributed by atoms with Gasteiger partial charge in [0.15, 0.2) is 0 Å². The van der Waals surface area contributed by atoms with Crippen LogP contribution in [0.2, 0.25) is 0 Å². The fraction of sp³-hybridized carbons (Fsp3) is 0.455. The van der Waals surface area contributed by atoms with Gasteiger partial charge in [-0.2, -0.15) is 0 Å². The fourth-order valence-electron chi connectivity index (χ4n) is 3.43. The van der Waals surface area contributed by atoms with Crippen LogP contribution in [0.15, 0.2) is 36.4 Å². The molecule has 1 aliphatic heterocycles. The number of amides is 4. The summed E-state index contributed by atoms with van der Waals surface area (Å²) in [4.78, 5) is 50.3. The van der Waals surface area contributed by atoms with Crippen LogP contribution in [-0.2, 0) is 19.2 Å². The number of nitrogens with two attached hydrogens (primary N) is 1. The van der Waals surface area contributed by atoms with Gasteiger partial charge >= 0.3 is 0 Å². The Morgan fingerprint density at radius 3 is 2.53 bits per heavy atom. The van der Waals surface area contributed by atoms with Crippen molar-refractivity contribution in [3.8, 4) is 0 Å². The van der Waals surface area contributed by atoms with Gasteiger partial charge in [-0.05, 0) is 36.8 Å². The Morgan fingerprint density at radius 2 is 1.90 bits per heavy atom. The third kappa shape index (κ3) is 7.02. The molecular formula is C22H30N4O4. The van der Waals surface area contributed by atoms with Gasteiger partial charge in [0, 0.05) is 12.6 Å². The van der Waals surface area contributed by atoms with Crippen molar-refractivity contribution in [1.29, 1.82) is 0 Å². The maximum atomic E-state index is 12.9. The summed E-state index contributed by atoms with van der Waals surface area (Å²) in [6.07, 6.45) is 4.66. The monoisotopic (exact) mass is 414 g/mol. The molecule has 30 heavy (non-hydrogen) atoms. The van der Waals surface area contributed by atoms with E-state index in [1.165, 1.54) is 11.0 Å². The highest BCUT2D eigenvalue weighted by molar-refractivity contribution is 5.96. The molecule has 8 nitrogen and oxygen atoms in total. The molecular weight excluding hydrogens is 384 g/mol. The van der Waals surface area contributed by atoms with E-state index < -0.39 is 29.8 Å². The van der Waals surface area contributed by atoms with Crippen molar-refractivity contribution < 1.29 is 19.2 Å². The number of rotatable bonds is 9. The normalized spacial score (nSPS) is 17.2. The molecule has 4 amide bonds. The zero-order valence-electron chi connectivity index (χ0n) is 17.5. The molecule has 0 spiro atoms. The van der Waals surface area contributed by atoms with E-state index in [1.807, 2.05) is 44.2 Å². The van der Waals surface area contributed by atoms with E-state index in [0.717, 1.165) is 5.56 Å². The summed E-state index contributed by atoms with van der Waals surface area (Å²) in [6, 6.07) is 7.91. The van der Waals surface area contributed by atoms with Crippen LogP contribution >= 0.6 is 0 Å². The number of nitrogens with one attached hydrogen (secondary N) is 2. The Morgan fingerprint density at radius 1 is 1.20 bits per heavy atom. The lowest BCUT2D eigenvalue weighted by Gasteiger charge is -2.28. The number of hydrogen-bond donors (Lipinski definition) is 3. The Labute approximate surface area is 176 Å². The zero-order valence-corrected chi connectivity index (χ0v) is 17.5. The van der Waals surface area contributed by atoms with Gasteiger partial charge < -0.3 is 21.3 Å². The van der Waals surface area contributed by atoms with E-state index >= 15 is 0 Å². The van der Waals surface area contributed by atoms with Gasteiger partial charge in [0.1, 0.15) is 12.1 Å². The first-order valence-corrected chi connectivity index (χ1v) is 10.2. The zero-order chi connectivity index (χ0) is 22.1. The average Bonchev–Trinajstić information content (AvgIpc) is 3.20. The average molecular weight is 415 g/mol.